The molecule has 0 amide bonds. The minimum Gasteiger partial charge on any atom is -0.375 e. The number of aromatic amines is 1. The highest BCUT2D eigenvalue weighted by Gasteiger charge is 2.30. The molecular weight excluding hydrogens is 340 g/mol. The minimum absolute atomic E-state index is 0.0910. The van der Waals surface area contributed by atoms with Gasteiger partial charge in [-0.1, -0.05) is 30.3 Å². The summed E-state index contributed by atoms with van der Waals surface area (Å²) in [5.74, 6) is 1.45. The molecule has 3 atom stereocenters. The van der Waals surface area contributed by atoms with Gasteiger partial charge in [-0.05, 0) is 38.7 Å². The zero-order valence-electron chi connectivity index (χ0n) is 16.1. The second-order valence-corrected chi connectivity index (χ2v) is 7.62. The van der Waals surface area contributed by atoms with Crippen molar-refractivity contribution >= 4 is 11.8 Å². The van der Waals surface area contributed by atoms with E-state index in [0.717, 1.165) is 38.2 Å². The number of hydrogen-bond donors (Lipinski definition) is 1. The molecule has 144 valence electrons. The van der Waals surface area contributed by atoms with Crippen molar-refractivity contribution in [2.75, 3.05) is 29.5 Å². The van der Waals surface area contributed by atoms with E-state index in [1.807, 2.05) is 6.07 Å². The third-order valence-electron chi connectivity index (χ3n) is 5.86. The van der Waals surface area contributed by atoms with Crippen molar-refractivity contribution < 1.29 is 4.74 Å². The van der Waals surface area contributed by atoms with E-state index in [9.17, 15) is 4.79 Å². The van der Waals surface area contributed by atoms with Gasteiger partial charge in [0.1, 0.15) is 5.82 Å². The summed E-state index contributed by atoms with van der Waals surface area (Å²) in [6.07, 6.45) is 3.34. The summed E-state index contributed by atoms with van der Waals surface area (Å²) in [7, 11) is 0. The molecule has 2 fully saturated rings. The summed E-state index contributed by atoms with van der Waals surface area (Å²) in [5, 5.41) is 0. The Morgan fingerprint density at radius 1 is 1.19 bits per heavy atom. The smallest absolute Gasteiger partial charge is 0.254 e. The summed E-state index contributed by atoms with van der Waals surface area (Å²) in [4.78, 5) is 24.7. The molecule has 6 nitrogen and oxygen atoms in total. The number of benzene rings is 1. The van der Waals surface area contributed by atoms with Gasteiger partial charge in [-0.2, -0.15) is 4.98 Å². The number of morpholine rings is 1. The molecule has 0 unspecified atom stereocenters. The maximum atomic E-state index is 12.4. The Hall–Kier alpha value is -2.34. The molecule has 1 aromatic heterocycles. The van der Waals surface area contributed by atoms with Gasteiger partial charge in [-0.3, -0.25) is 9.78 Å². The Morgan fingerprint density at radius 2 is 2.00 bits per heavy atom. The van der Waals surface area contributed by atoms with Crippen LogP contribution in [-0.2, 0) is 11.2 Å². The number of H-pyrrole nitrogens is 1. The van der Waals surface area contributed by atoms with Crippen LogP contribution in [0.15, 0.2) is 41.2 Å². The number of aromatic nitrogens is 2. The van der Waals surface area contributed by atoms with Gasteiger partial charge in [-0.25, -0.2) is 0 Å². The van der Waals surface area contributed by atoms with E-state index in [1.54, 1.807) is 6.07 Å². The molecular formula is C21H28N4O2. The lowest BCUT2D eigenvalue weighted by Crippen LogP contribution is -2.49. The third kappa shape index (κ3) is 3.86. The van der Waals surface area contributed by atoms with Crippen LogP contribution in [0.2, 0.25) is 0 Å². The number of anilines is 2. The predicted octanol–water partition coefficient (Wildman–Crippen LogP) is 2.59. The molecule has 2 aliphatic heterocycles. The molecule has 2 aromatic rings. The molecule has 0 radical (unpaired) electrons. The van der Waals surface area contributed by atoms with Crippen molar-refractivity contribution in [3.05, 3.63) is 52.3 Å². The summed E-state index contributed by atoms with van der Waals surface area (Å²) < 4.78 is 5.72. The van der Waals surface area contributed by atoms with Crippen molar-refractivity contribution in [3.63, 3.8) is 0 Å². The molecule has 27 heavy (non-hydrogen) atoms. The monoisotopic (exact) mass is 368 g/mol. The summed E-state index contributed by atoms with van der Waals surface area (Å²) in [5.41, 5.74) is 1.23. The summed E-state index contributed by atoms with van der Waals surface area (Å²) in [6, 6.07) is 12.7. The van der Waals surface area contributed by atoms with Crippen LogP contribution in [-0.4, -0.2) is 47.9 Å². The van der Waals surface area contributed by atoms with Crippen molar-refractivity contribution in [1.29, 1.82) is 0 Å². The largest absolute Gasteiger partial charge is 0.375 e. The van der Waals surface area contributed by atoms with Gasteiger partial charge in [0.15, 0.2) is 0 Å². The van der Waals surface area contributed by atoms with Gasteiger partial charge < -0.3 is 14.5 Å². The van der Waals surface area contributed by atoms with E-state index in [-0.39, 0.29) is 17.7 Å². The van der Waals surface area contributed by atoms with Crippen molar-refractivity contribution in [2.24, 2.45) is 0 Å². The Labute approximate surface area is 160 Å². The van der Waals surface area contributed by atoms with Crippen molar-refractivity contribution in [1.82, 2.24) is 9.97 Å². The number of nitrogens with zero attached hydrogens (tertiary/aromatic N) is 3. The molecule has 6 heteroatoms. The molecule has 3 heterocycles. The molecule has 0 aliphatic carbocycles. The summed E-state index contributed by atoms with van der Waals surface area (Å²) >= 11 is 0. The standard InChI is InChI=1S/C21H28N4O2/c1-15-16(2)27-12-11-24(15)19-14-20(26)23-21(22-19)25-10-6-9-18(25)13-17-7-4-3-5-8-17/h3-5,7-8,14-16,18H,6,9-13H2,1-2H3,(H,22,23,26)/t15-,16+,18+/m0/s1. The molecule has 2 saturated heterocycles. The molecule has 0 spiro atoms. The summed E-state index contributed by atoms with van der Waals surface area (Å²) in [6.45, 7) is 6.55. The highest BCUT2D eigenvalue weighted by Crippen LogP contribution is 2.27. The maximum absolute atomic E-state index is 12.4. The minimum atomic E-state index is -0.0910. The lowest BCUT2D eigenvalue weighted by atomic mass is 10.0. The topological polar surface area (TPSA) is 61.5 Å². The average molecular weight is 368 g/mol. The number of hydrogen-bond acceptors (Lipinski definition) is 5. The highest BCUT2D eigenvalue weighted by molar-refractivity contribution is 5.46. The molecule has 0 saturated carbocycles. The van der Waals surface area contributed by atoms with Gasteiger partial charge in [0.25, 0.3) is 5.56 Å². The average Bonchev–Trinajstić information content (AvgIpc) is 3.12. The fourth-order valence-corrected chi connectivity index (χ4v) is 4.18. The molecule has 2 aliphatic rings. The fourth-order valence-electron chi connectivity index (χ4n) is 4.18. The lowest BCUT2D eigenvalue weighted by Gasteiger charge is -2.38. The van der Waals surface area contributed by atoms with E-state index in [1.165, 1.54) is 5.56 Å². The Kier molecular flexibility index (Phi) is 5.16. The fraction of sp³-hybridized carbons (Fsp3) is 0.524. The van der Waals surface area contributed by atoms with E-state index >= 15 is 0 Å². The molecule has 1 aromatic carbocycles. The first-order valence-electron chi connectivity index (χ1n) is 9.92. The Morgan fingerprint density at radius 3 is 2.81 bits per heavy atom. The SMILES string of the molecule is C[C@H]1OCCN(c2cc(=O)[nH]c(N3CCC[C@@H]3Cc3ccccc3)n2)[C@H]1C. The first kappa shape index (κ1) is 18.0. The Bertz CT molecular complexity index is 822. The third-order valence-corrected chi connectivity index (χ3v) is 5.86. The first-order valence-corrected chi connectivity index (χ1v) is 9.92. The van der Waals surface area contributed by atoms with Crippen LogP contribution in [0, 0.1) is 0 Å². The van der Waals surface area contributed by atoms with Crippen LogP contribution in [0.1, 0.15) is 32.3 Å². The van der Waals surface area contributed by atoms with E-state index in [0.29, 0.717) is 18.6 Å². The van der Waals surface area contributed by atoms with E-state index in [2.05, 4.69) is 52.9 Å². The highest BCUT2D eigenvalue weighted by atomic mass is 16.5. The van der Waals surface area contributed by atoms with Crippen molar-refractivity contribution in [3.8, 4) is 0 Å². The lowest BCUT2D eigenvalue weighted by molar-refractivity contribution is 0.0281. The zero-order valence-corrected chi connectivity index (χ0v) is 16.1. The van der Waals surface area contributed by atoms with Gasteiger partial charge in [-0.15, -0.1) is 0 Å². The number of rotatable bonds is 4. The van der Waals surface area contributed by atoms with Gasteiger partial charge >= 0.3 is 0 Å². The second-order valence-electron chi connectivity index (χ2n) is 7.62. The van der Waals surface area contributed by atoms with Crippen LogP contribution in [0.25, 0.3) is 0 Å². The van der Waals surface area contributed by atoms with Crippen LogP contribution < -0.4 is 15.4 Å². The normalized spacial score (nSPS) is 25.8. The molecule has 0 bridgehead atoms. The zero-order chi connectivity index (χ0) is 18.8. The number of nitrogens with one attached hydrogen (secondary N) is 1. The number of ether oxygens (including phenoxy) is 1. The van der Waals surface area contributed by atoms with Crippen LogP contribution in [0.4, 0.5) is 11.8 Å². The van der Waals surface area contributed by atoms with Crippen LogP contribution in [0.3, 0.4) is 0 Å². The van der Waals surface area contributed by atoms with E-state index in [4.69, 9.17) is 9.72 Å². The quantitative estimate of drug-likeness (QED) is 0.899. The maximum Gasteiger partial charge on any atom is 0.254 e. The molecule has 4 rings (SSSR count). The van der Waals surface area contributed by atoms with Crippen molar-refractivity contribution in [2.45, 2.75) is 51.3 Å². The predicted molar refractivity (Wildman–Crippen MR) is 108 cm³/mol. The van der Waals surface area contributed by atoms with Crippen LogP contribution >= 0.6 is 0 Å². The van der Waals surface area contributed by atoms with Gasteiger partial charge in [0, 0.05) is 25.2 Å². The van der Waals surface area contributed by atoms with Crippen LogP contribution in [0.5, 0.6) is 0 Å². The molecule has 1 N–H and O–H groups in total. The van der Waals surface area contributed by atoms with Gasteiger partial charge in [0.2, 0.25) is 5.95 Å². The van der Waals surface area contributed by atoms with Gasteiger partial charge in [0.05, 0.1) is 18.8 Å². The second kappa shape index (κ2) is 7.72. The Balaban J connectivity index is 1.59. The first-order chi connectivity index (χ1) is 13.1. The van der Waals surface area contributed by atoms with E-state index < -0.39 is 0 Å².